The van der Waals surface area contributed by atoms with Crippen LogP contribution in [0.25, 0.3) is 0 Å². The molecule has 6 nitrogen and oxygen atoms in total. The summed E-state index contributed by atoms with van der Waals surface area (Å²) in [4.78, 5) is 19.1. The summed E-state index contributed by atoms with van der Waals surface area (Å²) in [5, 5.41) is 6.80. The molecule has 0 radical (unpaired) electrons. The molecule has 1 aliphatic heterocycles. The maximum atomic E-state index is 11.7. The van der Waals surface area contributed by atoms with Gasteiger partial charge in [-0.3, -0.25) is 4.99 Å². The molecule has 0 bridgehead atoms. The lowest BCUT2D eigenvalue weighted by molar-refractivity contribution is 0.0963. The van der Waals surface area contributed by atoms with Crippen molar-refractivity contribution in [3.05, 3.63) is 20.8 Å². The first-order valence-corrected chi connectivity index (χ1v) is 9.86. The van der Waals surface area contributed by atoms with Gasteiger partial charge in [-0.15, -0.1) is 35.3 Å². The molecule has 1 saturated heterocycles. The Morgan fingerprint density at radius 1 is 1.44 bits per heavy atom. The second-order valence-electron chi connectivity index (χ2n) is 5.56. The average molecular weight is 545 g/mol. The number of hydrogen-bond acceptors (Lipinski definition) is 4. The Kier molecular flexibility index (Phi) is 10.7. The van der Waals surface area contributed by atoms with Crippen LogP contribution in [0.2, 0.25) is 0 Å². The van der Waals surface area contributed by atoms with Crippen LogP contribution in [0, 0.1) is 0 Å². The molecule has 0 spiro atoms. The van der Waals surface area contributed by atoms with Crippen molar-refractivity contribution in [1.29, 1.82) is 0 Å². The molecule has 0 unspecified atom stereocenters. The SMILES string of the molecule is CCOC(=O)N1CCC(NC(=NC)NCCc2ccc(Br)s2)CC1.I. The van der Waals surface area contributed by atoms with Gasteiger partial charge in [0.2, 0.25) is 0 Å². The molecule has 142 valence electrons. The zero-order chi connectivity index (χ0) is 17.4. The minimum Gasteiger partial charge on any atom is -0.450 e. The number of hydrogen-bond donors (Lipinski definition) is 2. The number of rotatable bonds is 5. The maximum absolute atomic E-state index is 11.7. The fraction of sp³-hybridized carbons (Fsp3) is 0.625. The van der Waals surface area contributed by atoms with Crippen molar-refractivity contribution in [3.63, 3.8) is 0 Å². The van der Waals surface area contributed by atoms with Gasteiger partial charge in [0.05, 0.1) is 10.4 Å². The predicted octanol–water partition coefficient (Wildman–Crippen LogP) is 3.46. The first kappa shape index (κ1) is 22.5. The van der Waals surface area contributed by atoms with Gasteiger partial charge >= 0.3 is 6.09 Å². The minimum atomic E-state index is -0.208. The molecule has 0 atom stereocenters. The highest BCUT2D eigenvalue weighted by Gasteiger charge is 2.23. The summed E-state index contributed by atoms with van der Waals surface area (Å²) in [5.74, 6) is 0.820. The number of likely N-dealkylation sites (tertiary alicyclic amines) is 1. The normalized spacial score (nSPS) is 15.5. The second-order valence-corrected chi connectivity index (χ2v) is 8.11. The zero-order valence-corrected chi connectivity index (χ0v) is 19.3. The molecule has 2 rings (SSSR count). The summed E-state index contributed by atoms with van der Waals surface area (Å²) < 4.78 is 6.20. The second kappa shape index (κ2) is 11.9. The van der Waals surface area contributed by atoms with Crippen LogP contribution in [0.1, 0.15) is 24.6 Å². The third kappa shape index (κ3) is 7.69. The summed E-state index contributed by atoms with van der Waals surface area (Å²) >= 11 is 5.24. The van der Waals surface area contributed by atoms with Crippen LogP contribution in [-0.2, 0) is 11.2 Å². The van der Waals surface area contributed by atoms with E-state index < -0.39 is 0 Å². The monoisotopic (exact) mass is 544 g/mol. The minimum absolute atomic E-state index is 0. The lowest BCUT2D eigenvalue weighted by Gasteiger charge is -2.32. The smallest absolute Gasteiger partial charge is 0.409 e. The van der Waals surface area contributed by atoms with E-state index in [9.17, 15) is 4.79 Å². The van der Waals surface area contributed by atoms with E-state index in [0.29, 0.717) is 12.6 Å². The largest absolute Gasteiger partial charge is 0.450 e. The highest BCUT2D eigenvalue weighted by molar-refractivity contribution is 14.0. The third-order valence-corrected chi connectivity index (χ3v) is 5.56. The number of piperidine rings is 1. The van der Waals surface area contributed by atoms with Crippen molar-refractivity contribution in [3.8, 4) is 0 Å². The van der Waals surface area contributed by atoms with E-state index in [1.54, 1.807) is 23.3 Å². The van der Waals surface area contributed by atoms with Crippen molar-refractivity contribution >= 4 is 63.3 Å². The van der Waals surface area contributed by atoms with E-state index in [-0.39, 0.29) is 30.1 Å². The van der Waals surface area contributed by atoms with E-state index in [4.69, 9.17) is 4.74 Å². The van der Waals surface area contributed by atoms with Crippen LogP contribution in [0.4, 0.5) is 4.79 Å². The number of nitrogens with zero attached hydrogens (tertiary/aromatic N) is 2. The first-order chi connectivity index (χ1) is 11.6. The number of amides is 1. The highest BCUT2D eigenvalue weighted by Crippen LogP contribution is 2.22. The lowest BCUT2D eigenvalue weighted by atomic mass is 10.1. The van der Waals surface area contributed by atoms with Crippen molar-refractivity contribution in [1.82, 2.24) is 15.5 Å². The molecule has 2 N–H and O–H groups in total. The first-order valence-electron chi connectivity index (χ1n) is 8.25. The van der Waals surface area contributed by atoms with Gasteiger partial charge in [-0.25, -0.2) is 4.79 Å². The summed E-state index contributed by atoms with van der Waals surface area (Å²) in [7, 11) is 1.78. The number of guanidine groups is 1. The number of nitrogens with one attached hydrogen (secondary N) is 2. The molecule has 1 aliphatic rings. The molecule has 0 saturated carbocycles. The molecule has 1 fully saturated rings. The van der Waals surface area contributed by atoms with Gasteiger partial charge in [-0.1, -0.05) is 0 Å². The average Bonchev–Trinajstić information content (AvgIpc) is 3.00. The van der Waals surface area contributed by atoms with Crippen LogP contribution in [0.3, 0.4) is 0 Å². The Morgan fingerprint density at radius 2 is 2.16 bits per heavy atom. The van der Waals surface area contributed by atoms with Crippen LogP contribution in [0.5, 0.6) is 0 Å². The quantitative estimate of drug-likeness (QED) is 0.338. The molecule has 9 heteroatoms. The number of carbonyl (C=O) groups excluding carboxylic acids is 1. The number of thiophene rings is 1. The predicted molar refractivity (Wildman–Crippen MR) is 117 cm³/mol. The summed E-state index contributed by atoms with van der Waals surface area (Å²) in [5.41, 5.74) is 0. The van der Waals surface area contributed by atoms with Gasteiger partial charge in [0, 0.05) is 37.6 Å². The van der Waals surface area contributed by atoms with Crippen LogP contribution < -0.4 is 10.6 Å². The number of aliphatic imine (C=N–C) groups is 1. The standard InChI is InChI=1S/C16H25BrN4O2S.HI/c1-3-23-16(22)21-10-7-12(8-11-21)20-15(18-2)19-9-6-13-4-5-14(17)24-13;/h4-5,12H,3,6-11H2,1-2H3,(H2,18,19,20);1H. The Labute approximate surface area is 178 Å². The van der Waals surface area contributed by atoms with Crippen LogP contribution in [0.15, 0.2) is 20.9 Å². The van der Waals surface area contributed by atoms with E-state index in [0.717, 1.165) is 48.6 Å². The van der Waals surface area contributed by atoms with Crippen LogP contribution in [-0.4, -0.2) is 56.3 Å². The van der Waals surface area contributed by atoms with Gasteiger partial charge < -0.3 is 20.3 Å². The number of ether oxygens (including phenoxy) is 1. The van der Waals surface area contributed by atoms with E-state index in [2.05, 4.69) is 43.7 Å². The molecule has 2 heterocycles. The van der Waals surface area contributed by atoms with E-state index >= 15 is 0 Å². The topological polar surface area (TPSA) is 66.0 Å². The third-order valence-electron chi connectivity index (χ3n) is 3.88. The highest BCUT2D eigenvalue weighted by atomic mass is 127. The molecular formula is C16H26BrIN4O2S. The van der Waals surface area contributed by atoms with E-state index in [1.807, 2.05) is 6.92 Å². The van der Waals surface area contributed by atoms with Gasteiger partial charge in [-0.05, 0) is 54.2 Å². The van der Waals surface area contributed by atoms with Gasteiger partial charge in [0.25, 0.3) is 0 Å². The van der Waals surface area contributed by atoms with Crippen molar-refractivity contribution in [2.75, 3.05) is 33.3 Å². The fourth-order valence-electron chi connectivity index (χ4n) is 2.60. The molecular weight excluding hydrogens is 519 g/mol. The fourth-order valence-corrected chi connectivity index (χ4v) is 4.08. The number of carbonyl (C=O) groups is 1. The van der Waals surface area contributed by atoms with E-state index in [1.165, 1.54) is 4.88 Å². The molecule has 0 aliphatic carbocycles. The lowest BCUT2D eigenvalue weighted by Crippen LogP contribution is -2.50. The van der Waals surface area contributed by atoms with Gasteiger partial charge in [-0.2, -0.15) is 0 Å². The molecule has 0 aromatic carbocycles. The summed E-state index contributed by atoms with van der Waals surface area (Å²) in [6.07, 6.45) is 2.56. The Balaban J connectivity index is 0.00000312. The summed E-state index contributed by atoms with van der Waals surface area (Å²) in [6, 6.07) is 4.54. The molecule has 1 aromatic rings. The van der Waals surface area contributed by atoms with Crippen LogP contribution >= 0.6 is 51.2 Å². The van der Waals surface area contributed by atoms with Crippen molar-refractivity contribution in [2.24, 2.45) is 4.99 Å². The molecule has 1 amide bonds. The Morgan fingerprint density at radius 3 is 2.72 bits per heavy atom. The Hall–Kier alpha value is -0.550. The summed E-state index contributed by atoms with van der Waals surface area (Å²) in [6.45, 7) is 4.53. The van der Waals surface area contributed by atoms with Gasteiger partial charge in [0.15, 0.2) is 5.96 Å². The Bertz CT molecular complexity index is 562. The molecule has 25 heavy (non-hydrogen) atoms. The maximum Gasteiger partial charge on any atom is 0.409 e. The van der Waals surface area contributed by atoms with Crippen molar-refractivity contribution < 1.29 is 9.53 Å². The number of halogens is 2. The van der Waals surface area contributed by atoms with Crippen molar-refractivity contribution in [2.45, 2.75) is 32.2 Å². The van der Waals surface area contributed by atoms with Gasteiger partial charge in [0.1, 0.15) is 0 Å². The zero-order valence-electron chi connectivity index (χ0n) is 14.6. The molecule has 1 aromatic heterocycles.